The van der Waals surface area contributed by atoms with Gasteiger partial charge in [-0.1, -0.05) is 104 Å². The molecule has 17 unspecified atom stereocenters. The monoisotopic (exact) mass is 1340 g/mol. The van der Waals surface area contributed by atoms with Crippen LogP contribution in [-0.4, -0.2) is 213 Å². The highest BCUT2D eigenvalue weighted by atomic mass is 16.6. The second-order valence-electron chi connectivity index (χ2n) is 28.4. The molecule has 96 heavy (non-hydrogen) atoms. The van der Waals surface area contributed by atoms with Gasteiger partial charge in [0.25, 0.3) is 0 Å². The smallest absolute Gasteiger partial charge is 0.408 e. The summed E-state index contributed by atoms with van der Waals surface area (Å²) in [4.78, 5) is 165. The Labute approximate surface area is 564 Å². The third-order valence-corrected chi connectivity index (χ3v) is 19.1. The van der Waals surface area contributed by atoms with Crippen LogP contribution < -0.4 is 31.3 Å². The molecule has 0 radical (unpaired) electrons. The zero-order chi connectivity index (χ0) is 71.4. The van der Waals surface area contributed by atoms with Gasteiger partial charge in [0, 0.05) is 39.5 Å². The molecule has 2 aromatic rings. The molecular formula is C70H105N9O17. The van der Waals surface area contributed by atoms with E-state index in [2.05, 4.69) is 26.6 Å². The second-order valence-corrected chi connectivity index (χ2v) is 28.4. The third-order valence-electron chi connectivity index (χ3n) is 19.1. The molecule has 26 heteroatoms. The molecule has 0 saturated carbocycles. The fraction of sp³-hybridized carbons (Fsp3) is 0.671. The van der Waals surface area contributed by atoms with Gasteiger partial charge in [0.1, 0.15) is 78.0 Å². The van der Waals surface area contributed by atoms with Gasteiger partial charge in [-0.3, -0.25) is 43.2 Å². The molecule has 2 bridgehead atoms. The number of fused-ring (bicyclic) bond motifs is 1. The Balaban J connectivity index is 1.35. The number of likely N-dealkylation sites (N-methyl/N-ethyl adjacent to an activating group) is 2. The van der Waals surface area contributed by atoms with Crippen LogP contribution in [0.15, 0.2) is 54.6 Å². The summed E-state index contributed by atoms with van der Waals surface area (Å²) in [6.45, 7) is 21.8. The van der Waals surface area contributed by atoms with Gasteiger partial charge in [-0.15, -0.1) is 0 Å². The Morgan fingerprint density at radius 2 is 1.47 bits per heavy atom. The van der Waals surface area contributed by atoms with Crippen molar-refractivity contribution in [3.05, 3.63) is 65.7 Å². The number of aliphatic hydroxyl groups is 2. The molecule has 7 N–H and O–H groups in total. The van der Waals surface area contributed by atoms with E-state index in [1.165, 1.54) is 61.6 Å². The van der Waals surface area contributed by atoms with Crippen LogP contribution in [-0.2, 0) is 75.0 Å². The minimum Gasteiger partial charge on any atom is -0.497 e. The summed E-state index contributed by atoms with van der Waals surface area (Å²) in [5.74, 6) is -9.99. The highest BCUT2D eigenvalue weighted by Gasteiger charge is 2.52. The van der Waals surface area contributed by atoms with E-state index in [9.17, 15) is 43.8 Å². The van der Waals surface area contributed by atoms with Crippen molar-refractivity contribution in [2.45, 2.75) is 245 Å². The number of rotatable bonds is 18. The maximum atomic E-state index is 15.3. The van der Waals surface area contributed by atoms with Gasteiger partial charge in [-0.05, 0) is 120 Å². The summed E-state index contributed by atoms with van der Waals surface area (Å²) < 4.78 is 22.9. The van der Waals surface area contributed by atoms with Gasteiger partial charge < -0.3 is 75.3 Å². The Kier molecular flexibility index (Phi) is 27.2. The first-order valence-corrected chi connectivity index (χ1v) is 33.9. The molecule has 4 heterocycles. The Bertz CT molecular complexity index is 3070. The summed E-state index contributed by atoms with van der Waals surface area (Å²) in [7, 11) is 4.29. The lowest BCUT2D eigenvalue weighted by atomic mass is 9.86. The first-order chi connectivity index (χ1) is 45.1. The number of esters is 2. The zero-order valence-electron chi connectivity index (χ0n) is 58.8. The predicted octanol–water partition coefficient (Wildman–Crippen LogP) is 3.73. The summed E-state index contributed by atoms with van der Waals surface area (Å²) in [5.41, 5.74) is 0.403. The number of nitrogens with zero attached hydrogens (tertiary/aromatic N) is 4. The number of piperidine rings is 1. The van der Waals surface area contributed by atoms with Crippen molar-refractivity contribution < 1.29 is 81.9 Å². The standard InChI is InChI=1S/C70H105N9O17/c1-17-39(6)56-54(80)36-55(81)95-59(38(4)5)58(82)41(8)60(83)72-48-33-40(7)49-29-30-51(79(49)65(48)88)67(90)77(15)53(35-45-25-27-46(93-16)28-26-45)68(91)94-43(10)57(63(86)74-56)75-62(85)52(32-37(2)3)76(14)66(89)50-24-21-31-78(50)64(87)42(9)71-61(84)47(34-44-22-19-18-20-23-44)73-69(92)96-70(11,12)13/h18-20,22-23,25-28,37-43,47-54,56-59,80,82H,17,21,24,29-36H2,1-16H3,(H,71,84)(H,72,83)(H,73,92)(H,74,86)(H,75,85). The van der Waals surface area contributed by atoms with Crippen LogP contribution in [0.4, 0.5) is 4.79 Å². The van der Waals surface area contributed by atoms with Gasteiger partial charge in [0.05, 0.1) is 31.6 Å². The molecule has 4 aliphatic rings. The highest BCUT2D eigenvalue weighted by Crippen LogP contribution is 2.38. The third kappa shape index (κ3) is 19.7. The average Bonchev–Trinajstić information content (AvgIpc) is 1.82. The number of hydrogen-bond acceptors (Lipinski definition) is 17. The average molecular weight is 1340 g/mol. The van der Waals surface area contributed by atoms with Crippen LogP contribution in [0.3, 0.4) is 0 Å². The van der Waals surface area contributed by atoms with Crippen molar-refractivity contribution in [1.82, 2.24) is 46.2 Å². The van der Waals surface area contributed by atoms with Crippen molar-refractivity contribution in [2.75, 3.05) is 27.7 Å². The minimum atomic E-state index is -1.81. The van der Waals surface area contributed by atoms with Crippen molar-refractivity contribution in [2.24, 2.45) is 29.6 Å². The Hall–Kier alpha value is -7.87. The van der Waals surface area contributed by atoms with E-state index in [1.807, 2.05) is 20.8 Å². The van der Waals surface area contributed by atoms with E-state index in [0.717, 1.165) is 5.56 Å². The van der Waals surface area contributed by atoms with Crippen molar-refractivity contribution in [1.29, 1.82) is 0 Å². The number of ether oxygens (including phenoxy) is 4. The highest BCUT2D eigenvalue weighted by molar-refractivity contribution is 5.98. The number of benzene rings is 2. The first-order valence-electron chi connectivity index (χ1n) is 33.9. The number of carbonyl (C=O) groups excluding carboxylic acids is 11. The Morgan fingerprint density at radius 1 is 0.812 bits per heavy atom. The molecule has 26 nitrogen and oxygen atoms in total. The number of hydrogen-bond donors (Lipinski definition) is 7. The number of amides is 9. The van der Waals surface area contributed by atoms with Crippen LogP contribution in [0.1, 0.15) is 153 Å². The van der Waals surface area contributed by atoms with Crippen molar-refractivity contribution in [3.8, 4) is 5.75 Å². The van der Waals surface area contributed by atoms with Crippen LogP contribution in [0.25, 0.3) is 0 Å². The normalized spacial score (nSPS) is 27.9. The Morgan fingerprint density at radius 3 is 2.07 bits per heavy atom. The molecule has 6 rings (SSSR count). The fourth-order valence-corrected chi connectivity index (χ4v) is 13.3. The van der Waals surface area contributed by atoms with E-state index in [1.54, 1.807) is 103 Å². The number of alkyl carbamates (subject to hydrolysis) is 1. The molecule has 0 aliphatic carbocycles. The summed E-state index contributed by atoms with van der Waals surface area (Å²) in [5, 5.41) is 37.5. The molecule has 0 spiro atoms. The maximum absolute atomic E-state index is 15.3. The fourth-order valence-electron chi connectivity index (χ4n) is 13.3. The maximum Gasteiger partial charge on any atom is 0.408 e. The molecular weight excluding hydrogens is 1240 g/mol. The quantitative estimate of drug-likeness (QED) is 0.0826. The van der Waals surface area contributed by atoms with Gasteiger partial charge in [-0.25, -0.2) is 9.59 Å². The van der Waals surface area contributed by atoms with Crippen LogP contribution in [0.2, 0.25) is 0 Å². The van der Waals surface area contributed by atoms with Crippen LogP contribution in [0, 0.1) is 29.6 Å². The van der Waals surface area contributed by atoms with Crippen LogP contribution >= 0.6 is 0 Å². The molecule has 4 aliphatic heterocycles. The van der Waals surface area contributed by atoms with Crippen LogP contribution in [0.5, 0.6) is 5.75 Å². The zero-order valence-corrected chi connectivity index (χ0v) is 58.8. The SMILES string of the molecule is CCC(C)C1NC(=O)C(NC(=O)C(CC(C)C)N(C)C(=O)C2CCCN2C(=O)C(C)NC(=O)C(Cc2ccccc2)NC(=O)OC(C)(C)C)C(C)OC(=O)C(Cc2ccc(OC)cc2)N(C)C(=O)C2CCC3C(C)CC(NC(=O)C(C)C(O)C(C(C)C)OC(=O)CC1O)C(=O)N23. The topological polar surface area (TPSA) is 338 Å². The first kappa shape index (κ1) is 77.1. The number of nitrogens with one attached hydrogen (secondary N) is 5. The molecule has 2 aromatic carbocycles. The van der Waals surface area contributed by atoms with Gasteiger partial charge in [0.15, 0.2) is 0 Å². The number of methoxy groups -OCH3 is 1. The largest absolute Gasteiger partial charge is 0.497 e. The predicted molar refractivity (Wildman–Crippen MR) is 354 cm³/mol. The van der Waals surface area contributed by atoms with Gasteiger partial charge >= 0.3 is 18.0 Å². The lowest BCUT2D eigenvalue weighted by Gasteiger charge is -2.43. The lowest BCUT2D eigenvalue weighted by Crippen LogP contribution is -2.63. The van der Waals surface area contributed by atoms with E-state index in [4.69, 9.17) is 18.9 Å². The van der Waals surface area contributed by atoms with Gasteiger partial charge in [-0.2, -0.15) is 0 Å². The summed E-state index contributed by atoms with van der Waals surface area (Å²) in [6, 6.07) is 3.76. The summed E-state index contributed by atoms with van der Waals surface area (Å²) in [6.07, 6.45) is -6.00. The van der Waals surface area contributed by atoms with Crippen molar-refractivity contribution in [3.63, 3.8) is 0 Å². The molecule has 4 saturated heterocycles. The number of aliphatic hydroxyl groups excluding tert-OH is 2. The minimum absolute atomic E-state index is 0.0143. The number of likely N-dealkylation sites (tertiary alicyclic amines) is 1. The van der Waals surface area contributed by atoms with E-state index < -0.39 is 180 Å². The molecule has 9 amide bonds. The lowest BCUT2D eigenvalue weighted by molar-refractivity contribution is -0.166. The summed E-state index contributed by atoms with van der Waals surface area (Å²) >= 11 is 0. The number of cyclic esters (lactones) is 2. The van der Waals surface area contributed by atoms with E-state index in [-0.39, 0.29) is 56.9 Å². The molecule has 0 aromatic heterocycles. The molecule has 532 valence electrons. The second kappa shape index (κ2) is 33.9. The number of carbonyl (C=O) groups is 11. The van der Waals surface area contributed by atoms with E-state index in [0.29, 0.717) is 30.6 Å². The van der Waals surface area contributed by atoms with E-state index >= 15 is 19.2 Å². The molecule has 4 fully saturated rings. The van der Waals surface area contributed by atoms with Gasteiger partial charge in [0.2, 0.25) is 47.3 Å². The molecule has 17 atom stereocenters. The van der Waals surface area contributed by atoms with Crippen molar-refractivity contribution >= 4 is 65.3 Å².